The van der Waals surface area contributed by atoms with Gasteiger partial charge in [-0.05, 0) is 32.0 Å². The number of carbonyl (C=O) groups excluding carboxylic acids is 1. The fourth-order valence-corrected chi connectivity index (χ4v) is 4.87. The van der Waals surface area contributed by atoms with Crippen LogP contribution in [0.25, 0.3) is 0 Å². The molecule has 1 aromatic heterocycles. The summed E-state index contributed by atoms with van der Waals surface area (Å²) < 4.78 is 41.3. The monoisotopic (exact) mass is 537 g/mol. The smallest absolute Gasteiger partial charge is 0.459 e. The Kier molecular flexibility index (Phi) is 8.58. The summed E-state index contributed by atoms with van der Waals surface area (Å²) in [4.78, 5) is 37.7. The average Bonchev–Trinajstić information content (AvgIpc) is 3.25. The maximum atomic E-state index is 13.4. The van der Waals surface area contributed by atoms with Gasteiger partial charge in [0.25, 0.3) is 5.56 Å². The van der Waals surface area contributed by atoms with Gasteiger partial charge < -0.3 is 18.7 Å². The SMILES string of the molecule is COC(=O)[C@H](C)NP(=O)(OC[C@@H]1OC[C@H](n2cc(C)c(=O)[nH]c2=O)O1)Oc1ccc(Cl)cc1Cl. The first-order chi connectivity index (χ1) is 16.0. The number of halogens is 2. The first-order valence-electron chi connectivity index (χ1n) is 9.85. The van der Waals surface area contributed by atoms with Gasteiger partial charge in [-0.1, -0.05) is 23.2 Å². The minimum Gasteiger partial charge on any atom is -0.468 e. The summed E-state index contributed by atoms with van der Waals surface area (Å²) in [5.74, 6) is -0.726. The lowest BCUT2D eigenvalue weighted by Gasteiger charge is -2.24. The highest BCUT2D eigenvalue weighted by molar-refractivity contribution is 7.52. The van der Waals surface area contributed by atoms with Gasteiger partial charge in [0, 0.05) is 16.8 Å². The lowest BCUT2D eigenvalue weighted by atomic mass is 10.3. The van der Waals surface area contributed by atoms with Gasteiger partial charge in [0.15, 0.2) is 12.5 Å². The van der Waals surface area contributed by atoms with Crippen LogP contribution in [0.1, 0.15) is 18.7 Å². The van der Waals surface area contributed by atoms with Gasteiger partial charge in [-0.3, -0.25) is 23.7 Å². The summed E-state index contributed by atoms with van der Waals surface area (Å²) in [5.41, 5.74) is -0.878. The van der Waals surface area contributed by atoms with E-state index in [2.05, 4.69) is 14.8 Å². The van der Waals surface area contributed by atoms with Crippen LogP contribution in [-0.2, 0) is 28.1 Å². The van der Waals surface area contributed by atoms with Crippen LogP contribution < -0.4 is 20.9 Å². The van der Waals surface area contributed by atoms with Crippen molar-refractivity contribution in [3.63, 3.8) is 0 Å². The molecule has 0 radical (unpaired) electrons. The maximum absolute atomic E-state index is 13.4. The van der Waals surface area contributed by atoms with Gasteiger partial charge >= 0.3 is 19.4 Å². The number of hydrogen-bond donors (Lipinski definition) is 2. The highest BCUT2D eigenvalue weighted by atomic mass is 35.5. The van der Waals surface area contributed by atoms with Crippen LogP contribution in [0.15, 0.2) is 34.0 Å². The molecule has 3 rings (SSSR count). The molecule has 2 aromatic rings. The summed E-state index contributed by atoms with van der Waals surface area (Å²) in [6, 6.07) is 3.16. The Morgan fingerprint density at radius 3 is 2.79 bits per heavy atom. The summed E-state index contributed by atoms with van der Waals surface area (Å²) >= 11 is 12.0. The number of carbonyl (C=O) groups is 1. The van der Waals surface area contributed by atoms with Crippen molar-refractivity contribution in [2.75, 3.05) is 20.3 Å². The zero-order chi connectivity index (χ0) is 25.0. The zero-order valence-electron chi connectivity index (χ0n) is 18.3. The van der Waals surface area contributed by atoms with E-state index in [1.54, 1.807) is 0 Å². The number of ether oxygens (including phenoxy) is 3. The second-order valence-electron chi connectivity index (χ2n) is 7.17. The van der Waals surface area contributed by atoms with Crippen molar-refractivity contribution in [3.8, 4) is 5.75 Å². The third-order valence-electron chi connectivity index (χ3n) is 4.59. The predicted octanol–water partition coefficient (Wildman–Crippen LogP) is 2.38. The lowest BCUT2D eigenvalue weighted by molar-refractivity contribution is -0.142. The maximum Gasteiger partial charge on any atom is 0.459 e. The summed E-state index contributed by atoms with van der Waals surface area (Å²) in [6.07, 6.45) is -0.559. The third-order valence-corrected chi connectivity index (χ3v) is 6.75. The van der Waals surface area contributed by atoms with E-state index in [1.807, 2.05) is 0 Å². The van der Waals surface area contributed by atoms with Crippen molar-refractivity contribution >= 4 is 36.9 Å². The fourth-order valence-electron chi connectivity index (χ4n) is 2.87. The first-order valence-corrected chi connectivity index (χ1v) is 12.1. The highest BCUT2D eigenvalue weighted by Crippen LogP contribution is 2.47. The van der Waals surface area contributed by atoms with Crippen LogP contribution >= 0.6 is 30.9 Å². The van der Waals surface area contributed by atoms with Gasteiger partial charge in [0.05, 0.1) is 18.7 Å². The van der Waals surface area contributed by atoms with E-state index in [0.717, 1.165) is 4.57 Å². The molecule has 1 fully saturated rings. The molecule has 4 atom stereocenters. The molecular weight excluding hydrogens is 516 g/mol. The van der Waals surface area contributed by atoms with Crippen molar-refractivity contribution in [2.24, 2.45) is 0 Å². The van der Waals surface area contributed by atoms with E-state index >= 15 is 0 Å². The molecule has 0 aliphatic carbocycles. The minimum atomic E-state index is -4.23. The number of methoxy groups -OCH3 is 1. The number of nitrogens with one attached hydrogen (secondary N) is 2. The quantitative estimate of drug-likeness (QED) is 0.360. The van der Waals surface area contributed by atoms with E-state index in [-0.39, 0.29) is 17.4 Å². The van der Waals surface area contributed by atoms with E-state index in [0.29, 0.717) is 10.6 Å². The number of esters is 1. The average molecular weight is 538 g/mol. The van der Waals surface area contributed by atoms with E-state index in [1.165, 1.54) is 45.4 Å². The van der Waals surface area contributed by atoms with Gasteiger partial charge in [-0.15, -0.1) is 0 Å². The lowest BCUT2D eigenvalue weighted by Crippen LogP contribution is -2.35. The summed E-state index contributed by atoms with van der Waals surface area (Å²) in [7, 11) is -3.06. The number of nitrogens with zero attached hydrogens (tertiary/aromatic N) is 1. The fraction of sp³-hybridized carbons (Fsp3) is 0.421. The second kappa shape index (κ2) is 11.0. The Morgan fingerprint density at radius 2 is 2.12 bits per heavy atom. The molecule has 0 spiro atoms. The molecule has 1 unspecified atom stereocenters. The zero-order valence-corrected chi connectivity index (χ0v) is 20.7. The molecule has 0 amide bonds. The molecule has 0 saturated carbocycles. The second-order valence-corrected chi connectivity index (χ2v) is 9.70. The van der Waals surface area contributed by atoms with Crippen molar-refractivity contribution in [3.05, 3.63) is 60.8 Å². The largest absolute Gasteiger partial charge is 0.468 e. The van der Waals surface area contributed by atoms with Crippen LogP contribution in [0.3, 0.4) is 0 Å². The Bertz CT molecular complexity index is 1220. The van der Waals surface area contributed by atoms with Crippen molar-refractivity contribution in [1.29, 1.82) is 0 Å². The van der Waals surface area contributed by atoms with Crippen LogP contribution in [0.4, 0.5) is 0 Å². The number of benzene rings is 1. The molecule has 34 heavy (non-hydrogen) atoms. The molecule has 1 aromatic carbocycles. The number of rotatable bonds is 9. The van der Waals surface area contributed by atoms with Crippen LogP contribution in [0.2, 0.25) is 10.0 Å². The number of aromatic amines is 1. The van der Waals surface area contributed by atoms with Gasteiger partial charge in [0.2, 0.25) is 0 Å². The Labute approximate surface area is 203 Å². The molecule has 15 heteroatoms. The molecular formula is C19H22Cl2N3O9P. The summed E-state index contributed by atoms with van der Waals surface area (Å²) in [6.45, 7) is 2.49. The minimum absolute atomic E-state index is 0.0135. The first kappa shape index (κ1) is 26.4. The van der Waals surface area contributed by atoms with Crippen LogP contribution in [0.5, 0.6) is 5.75 Å². The number of aromatic nitrogens is 2. The predicted molar refractivity (Wildman–Crippen MR) is 121 cm³/mol. The Hall–Kier alpha value is -2.18. The number of hydrogen-bond acceptors (Lipinski definition) is 9. The molecule has 1 aliphatic rings. The number of H-pyrrole nitrogens is 1. The van der Waals surface area contributed by atoms with E-state index < -0.39 is 50.1 Å². The van der Waals surface area contributed by atoms with Crippen LogP contribution in [0, 0.1) is 6.92 Å². The topological polar surface area (TPSA) is 147 Å². The molecule has 2 heterocycles. The van der Waals surface area contributed by atoms with E-state index in [4.69, 9.17) is 41.7 Å². The molecule has 12 nitrogen and oxygen atoms in total. The molecule has 186 valence electrons. The highest BCUT2D eigenvalue weighted by Gasteiger charge is 2.36. The van der Waals surface area contributed by atoms with Gasteiger partial charge in [0.1, 0.15) is 18.4 Å². The molecule has 2 N–H and O–H groups in total. The molecule has 0 bridgehead atoms. The molecule has 1 saturated heterocycles. The normalized spacial score (nSPS) is 20.5. The Balaban J connectivity index is 1.73. The number of aryl methyl sites for hydroxylation is 1. The van der Waals surface area contributed by atoms with Gasteiger partial charge in [-0.2, -0.15) is 5.09 Å². The standard InChI is InChI=1S/C19H22Cl2N3O9P/c1-10-7-24(19(27)22-17(10)25)15-8-30-16(32-15)9-31-34(28,23-11(2)18(26)29-3)33-14-5-4-12(20)6-13(14)21/h4-7,11,15-16H,8-9H2,1-3H3,(H,23,28)(H,22,25,27)/t11-,15+,16+,34?/m0/s1. The molecule has 1 aliphatic heterocycles. The van der Waals surface area contributed by atoms with Crippen molar-refractivity contribution < 1.29 is 32.6 Å². The Morgan fingerprint density at radius 1 is 1.38 bits per heavy atom. The van der Waals surface area contributed by atoms with Crippen LogP contribution in [-0.4, -0.2) is 48.2 Å². The van der Waals surface area contributed by atoms with Crippen molar-refractivity contribution in [1.82, 2.24) is 14.6 Å². The van der Waals surface area contributed by atoms with Crippen molar-refractivity contribution in [2.45, 2.75) is 32.4 Å². The summed E-state index contributed by atoms with van der Waals surface area (Å²) in [5, 5.41) is 2.85. The third kappa shape index (κ3) is 6.48. The van der Waals surface area contributed by atoms with E-state index in [9.17, 15) is 18.9 Å². The van der Waals surface area contributed by atoms with Gasteiger partial charge in [-0.25, -0.2) is 9.36 Å².